The molecule has 0 aliphatic carbocycles. The summed E-state index contributed by atoms with van der Waals surface area (Å²) in [6.07, 6.45) is 2.00. The van der Waals surface area contributed by atoms with E-state index >= 15 is 0 Å². The van der Waals surface area contributed by atoms with Crippen molar-refractivity contribution in [3.63, 3.8) is 0 Å². The number of rotatable bonds is 8. The number of ether oxygens (including phenoxy) is 1. The number of morpholine rings is 1. The summed E-state index contributed by atoms with van der Waals surface area (Å²) in [5, 5.41) is 0.741. The maximum atomic E-state index is 13.3. The lowest BCUT2D eigenvalue weighted by molar-refractivity contribution is -0.118. The highest BCUT2D eigenvalue weighted by atomic mass is 32.1. The lowest BCUT2D eigenvalue weighted by atomic mass is 10.1. The molecule has 5 nitrogen and oxygen atoms in total. The zero-order chi connectivity index (χ0) is 21.6. The largest absolute Gasteiger partial charge is 0.379 e. The molecule has 31 heavy (non-hydrogen) atoms. The number of benzene rings is 2. The molecule has 0 atom stereocenters. The maximum absolute atomic E-state index is 13.3. The lowest BCUT2D eigenvalue weighted by Crippen LogP contribution is -2.39. The quantitative estimate of drug-likeness (QED) is 0.523. The van der Waals surface area contributed by atoms with E-state index in [1.807, 2.05) is 11.0 Å². The Balaban J connectivity index is 1.53. The fourth-order valence-electron chi connectivity index (χ4n) is 3.87. The Morgan fingerprint density at radius 3 is 2.71 bits per heavy atom. The van der Waals surface area contributed by atoms with Crippen molar-refractivity contribution in [3.8, 4) is 0 Å². The number of hydrogen-bond acceptors (Lipinski definition) is 5. The summed E-state index contributed by atoms with van der Waals surface area (Å²) in [5.41, 5.74) is 2.98. The Labute approximate surface area is 186 Å². The van der Waals surface area contributed by atoms with Crippen LogP contribution in [0.4, 0.5) is 9.52 Å². The third-order valence-electron chi connectivity index (χ3n) is 5.63. The summed E-state index contributed by atoms with van der Waals surface area (Å²) < 4.78 is 19.8. The number of anilines is 1. The first-order valence-corrected chi connectivity index (χ1v) is 11.7. The van der Waals surface area contributed by atoms with Gasteiger partial charge >= 0.3 is 0 Å². The van der Waals surface area contributed by atoms with E-state index in [9.17, 15) is 9.18 Å². The van der Waals surface area contributed by atoms with Crippen molar-refractivity contribution in [1.29, 1.82) is 0 Å². The molecule has 0 spiro atoms. The van der Waals surface area contributed by atoms with Crippen LogP contribution in [0.3, 0.4) is 0 Å². The van der Waals surface area contributed by atoms with Crippen molar-refractivity contribution >= 4 is 32.6 Å². The second kappa shape index (κ2) is 10.3. The summed E-state index contributed by atoms with van der Waals surface area (Å²) in [4.78, 5) is 22.3. The molecule has 0 unspecified atom stereocenters. The third-order valence-corrected chi connectivity index (χ3v) is 6.68. The van der Waals surface area contributed by atoms with Crippen molar-refractivity contribution < 1.29 is 13.9 Å². The molecule has 1 aliphatic heterocycles. The molecule has 0 N–H and O–H groups in total. The first-order chi connectivity index (χ1) is 15.1. The van der Waals surface area contributed by atoms with E-state index in [0.717, 1.165) is 66.6 Å². The monoisotopic (exact) mass is 441 g/mol. The van der Waals surface area contributed by atoms with Crippen LogP contribution in [0.15, 0.2) is 42.5 Å². The van der Waals surface area contributed by atoms with E-state index in [1.165, 1.54) is 17.7 Å². The number of thiazole rings is 1. The molecule has 7 heteroatoms. The molecule has 0 bridgehead atoms. The molecular formula is C24H28FN3O2S. The van der Waals surface area contributed by atoms with Gasteiger partial charge < -0.3 is 4.74 Å². The van der Waals surface area contributed by atoms with Gasteiger partial charge in [-0.25, -0.2) is 9.37 Å². The summed E-state index contributed by atoms with van der Waals surface area (Å²) in [5.74, 6) is -0.303. The number of fused-ring (bicyclic) bond motifs is 1. The number of hydrogen-bond donors (Lipinski definition) is 0. The van der Waals surface area contributed by atoms with Crippen LogP contribution in [-0.2, 0) is 22.4 Å². The summed E-state index contributed by atoms with van der Waals surface area (Å²) in [6.45, 7) is 7.06. The number of aryl methyl sites for hydroxylation is 1. The third kappa shape index (κ3) is 5.47. The first-order valence-electron chi connectivity index (χ1n) is 10.9. The molecule has 1 aliphatic rings. The van der Waals surface area contributed by atoms with Crippen LogP contribution in [0.5, 0.6) is 0 Å². The normalized spacial score (nSPS) is 14.8. The number of halogens is 1. The predicted molar refractivity (Wildman–Crippen MR) is 123 cm³/mol. The molecule has 1 fully saturated rings. The molecule has 3 aromatic rings. The van der Waals surface area contributed by atoms with Crippen LogP contribution in [0.2, 0.25) is 0 Å². The number of amides is 1. The Morgan fingerprint density at radius 2 is 1.97 bits per heavy atom. The Bertz CT molecular complexity index is 1020. The molecule has 2 aromatic carbocycles. The molecule has 1 amide bonds. The van der Waals surface area contributed by atoms with Crippen LogP contribution in [0.25, 0.3) is 10.2 Å². The van der Waals surface area contributed by atoms with Crippen molar-refractivity contribution in [1.82, 2.24) is 9.88 Å². The van der Waals surface area contributed by atoms with Gasteiger partial charge in [0, 0.05) is 26.2 Å². The topological polar surface area (TPSA) is 45.7 Å². The number of carbonyl (C=O) groups is 1. The van der Waals surface area contributed by atoms with Crippen molar-refractivity contribution in [2.24, 2.45) is 0 Å². The van der Waals surface area contributed by atoms with Gasteiger partial charge in [-0.3, -0.25) is 14.6 Å². The molecule has 164 valence electrons. The van der Waals surface area contributed by atoms with Gasteiger partial charge in [-0.15, -0.1) is 0 Å². The Morgan fingerprint density at radius 1 is 1.19 bits per heavy atom. The van der Waals surface area contributed by atoms with Gasteiger partial charge in [0.2, 0.25) is 5.91 Å². The fraction of sp³-hybridized carbons (Fsp3) is 0.417. The van der Waals surface area contributed by atoms with Crippen LogP contribution >= 0.6 is 11.3 Å². The van der Waals surface area contributed by atoms with Gasteiger partial charge in [0.15, 0.2) is 5.13 Å². The molecule has 0 radical (unpaired) electrons. The zero-order valence-corrected chi connectivity index (χ0v) is 18.7. The molecule has 2 heterocycles. The smallest absolute Gasteiger partial charge is 0.233 e. The molecular weight excluding hydrogens is 413 g/mol. The standard InChI is InChI=1S/C24H28FN3O2S/c1-2-19-5-3-6-21-23(19)26-24(31-21)28(12-4-11-27-13-15-30-16-14-27)22(29)17-18-7-9-20(25)10-8-18/h3,5-10H,2,4,11-17H2,1H3. The van der Waals surface area contributed by atoms with Crippen LogP contribution in [0, 0.1) is 5.82 Å². The minimum atomic E-state index is -0.295. The number of para-hydroxylation sites is 1. The fourth-order valence-corrected chi connectivity index (χ4v) is 4.93. The van der Waals surface area contributed by atoms with E-state index < -0.39 is 0 Å². The summed E-state index contributed by atoms with van der Waals surface area (Å²) >= 11 is 1.56. The van der Waals surface area contributed by atoms with Gasteiger partial charge in [-0.2, -0.15) is 0 Å². The van der Waals surface area contributed by atoms with Gasteiger partial charge in [0.25, 0.3) is 0 Å². The Hall–Kier alpha value is -2.35. The van der Waals surface area contributed by atoms with Crippen molar-refractivity contribution in [2.75, 3.05) is 44.3 Å². The van der Waals surface area contributed by atoms with E-state index in [-0.39, 0.29) is 18.1 Å². The zero-order valence-electron chi connectivity index (χ0n) is 17.8. The molecule has 1 saturated heterocycles. The van der Waals surface area contributed by atoms with Gasteiger partial charge in [0.1, 0.15) is 5.82 Å². The number of aromatic nitrogens is 1. The number of nitrogens with zero attached hydrogens (tertiary/aromatic N) is 3. The van der Waals surface area contributed by atoms with E-state index in [0.29, 0.717) is 6.54 Å². The second-order valence-corrected chi connectivity index (χ2v) is 8.78. The molecule has 0 saturated carbocycles. The SMILES string of the molecule is CCc1cccc2sc(N(CCCN3CCOCC3)C(=O)Cc3ccc(F)cc3)nc12. The summed E-state index contributed by atoms with van der Waals surface area (Å²) in [7, 11) is 0. The van der Waals surface area contributed by atoms with E-state index in [2.05, 4.69) is 24.0 Å². The maximum Gasteiger partial charge on any atom is 0.233 e. The van der Waals surface area contributed by atoms with Crippen molar-refractivity contribution in [2.45, 2.75) is 26.2 Å². The van der Waals surface area contributed by atoms with Gasteiger partial charge in [-0.1, -0.05) is 42.5 Å². The summed E-state index contributed by atoms with van der Waals surface area (Å²) in [6, 6.07) is 12.3. The average Bonchev–Trinajstić information content (AvgIpc) is 3.23. The van der Waals surface area contributed by atoms with Crippen LogP contribution in [0.1, 0.15) is 24.5 Å². The molecule has 4 rings (SSSR count). The van der Waals surface area contributed by atoms with Crippen LogP contribution in [-0.4, -0.2) is 55.2 Å². The van der Waals surface area contributed by atoms with Crippen molar-refractivity contribution in [3.05, 3.63) is 59.4 Å². The van der Waals surface area contributed by atoms with E-state index in [1.54, 1.807) is 23.5 Å². The van der Waals surface area contributed by atoms with Gasteiger partial charge in [-0.05, 0) is 42.2 Å². The highest BCUT2D eigenvalue weighted by molar-refractivity contribution is 7.22. The Kier molecular flexibility index (Phi) is 7.27. The lowest BCUT2D eigenvalue weighted by Gasteiger charge is -2.27. The average molecular weight is 442 g/mol. The second-order valence-electron chi connectivity index (χ2n) is 7.77. The van der Waals surface area contributed by atoms with Crippen LogP contribution < -0.4 is 4.90 Å². The number of carbonyl (C=O) groups excluding carboxylic acids is 1. The highest BCUT2D eigenvalue weighted by Crippen LogP contribution is 2.31. The minimum Gasteiger partial charge on any atom is -0.379 e. The predicted octanol–water partition coefficient (Wildman–Crippen LogP) is 4.30. The highest BCUT2D eigenvalue weighted by Gasteiger charge is 2.21. The molecule has 1 aromatic heterocycles. The minimum absolute atomic E-state index is 0.00862. The first kappa shape index (κ1) is 21.9. The van der Waals surface area contributed by atoms with Gasteiger partial charge in [0.05, 0.1) is 29.9 Å². The van der Waals surface area contributed by atoms with E-state index in [4.69, 9.17) is 9.72 Å².